The second-order valence-corrected chi connectivity index (χ2v) is 8.63. The van der Waals surface area contributed by atoms with Gasteiger partial charge in [0.05, 0.1) is 11.3 Å². The third kappa shape index (κ3) is 2.69. The zero-order valence-electron chi connectivity index (χ0n) is 15.9. The highest BCUT2D eigenvalue weighted by atomic mass is 32.1. The van der Waals surface area contributed by atoms with Crippen LogP contribution < -0.4 is 10.2 Å². The fraction of sp³-hybridized carbons (Fsp3) is 0.421. The number of amides is 3. The summed E-state index contributed by atoms with van der Waals surface area (Å²) in [7, 11) is 0. The van der Waals surface area contributed by atoms with E-state index in [2.05, 4.69) is 15.5 Å². The summed E-state index contributed by atoms with van der Waals surface area (Å²) >= 11 is 1.25. The molecule has 3 amide bonds. The van der Waals surface area contributed by atoms with Crippen molar-refractivity contribution in [1.82, 2.24) is 15.1 Å². The molecule has 1 saturated heterocycles. The Hall–Kier alpha value is -2.81. The van der Waals surface area contributed by atoms with E-state index in [4.69, 9.17) is 0 Å². The number of hydrogen-bond acceptors (Lipinski definition) is 6. The number of rotatable bonds is 4. The maximum Gasteiger partial charge on any atom is 0.273 e. The van der Waals surface area contributed by atoms with Crippen LogP contribution in [0.5, 0.6) is 0 Å². The number of anilines is 2. The van der Waals surface area contributed by atoms with Crippen molar-refractivity contribution in [1.29, 1.82) is 0 Å². The fourth-order valence-corrected chi connectivity index (χ4v) is 4.53. The van der Waals surface area contributed by atoms with E-state index in [1.165, 1.54) is 16.2 Å². The number of nitrogens with zero attached hydrogens (tertiary/aromatic N) is 4. The number of hydrogen-bond donors (Lipinski definition) is 1. The van der Waals surface area contributed by atoms with Crippen LogP contribution in [0.15, 0.2) is 24.3 Å². The maximum atomic E-state index is 13.5. The molecule has 1 aromatic carbocycles. The average molecular weight is 399 g/mol. The first-order valence-electron chi connectivity index (χ1n) is 9.20. The highest BCUT2D eigenvalue weighted by Gasteiger charge is 2.60. The fourth-order valence-electron chi connectivity index (χ4n) is 3.94. The molecule has 0 spiro atoms. The Kier molecular flexibility index (Phi) is 4.41. The van der Waals surface area contributed by atoms with Gasteiger partial charge in [-0.1, -0.05) is 37.3 Å². The molecule has 8 nitrogen and oxygen atoms in total. The molecule has 2 aliphatic rings. The molecule has 1 atom stereocenters. The van der Waals surface area contributed by atoms with Gasteiger partial charge >= 0.3 is 0 Å². The van der Waals surface area contributed by atoms with E-state index in [-0.39, 0.29) is 30.6 Å². The first kappa shape index (κ1) is 18.5. The predicted octanol–water partition coefficient (Wildman–Crippen LogP) is 2.42. The van der Waals surface area contributed by atoms with Gasteiger partial charge in [0.25, 0.3) is 11.8 Å². The lowest BCUT2D eigenvalue weighted by Gasteiger charge is -2.49. The zero-order valence-corrected chi connectivity index (χ0v) is 16.7. The summed E-state index contributed by atoms with van der Waals surface area (Å²) in [5.74, 6) is -0.714. The molecular formula is C19H21N5O3S. The van der Waals surface area contributed by atoms with Crippen molar-refractivity contribution in [3.05, 3.63) is 34.8 Å². The predicted molar refractivity (Wildman–Crippen MR) is 105 cm³/mol. The molecule has 0 saturated carbocycles. The number of carbonyl (C=O) groups excluding carboxylic acids is 3. The molecule has 2 aliphatic heterocycles. The first-order valence-corrected chi connectivity index (χ1v) is 10.0. The molecule has 0 aliphatic carbocycles. The van der Waals surface area contributed by atoms with Crippen LogP contribution in [0.4, 0.5) is 10.8 Å². The number of carbonyl (C=O) groups is 3. The third-order valence-corrected chi connectivity index (χ3v) is 5.79. The molecule has 2 aromatic rings. The van der Waals surface area contributed by atoms with Gasteiger partial charge in [-0.15, -0.1) is 10.2 Å². The summed E-state index contributed by atoms with van der Waals surface area (Å²) in [5.41, 5.74) is -0.473. The number of aryl methyl sites for hydroxylation is 1. The molecule has 1 aromatic heterocycles. The Morgan fingerprint density at radius 3 is 2.71 bits per heavy atom. The highest BCUT2D eigenvalue weighted by Crippen LogP contribution is 2.45. The van der Waals surface area contributed by atoms with E-state index >= 15 is 0 Å². The van der Waals surface area contributed by atoms with E-state index < -0.39 is 11.6 Å². The summed E-state index contributed by atoms with van der Waals surface area (Å²) in [5, 5.41) is 11.7. The number of benzene rings is 1. The minimum Gasteiger partial charge on any atom is -0.307 e. The summed E-state index contributed by atoms with van der Waals surface area (Å²) in [6.07, 6.45) is 0.432. The molecule has 1 N–H and O–H groups in total. The SMILES string of the molecule is Cc1nnc(NC(=O)[C@]23CCC(=O)N2c2ccccc2C(=O)N3CC(C)C)s1. The van der Waals surface area contributed by atoms with Gasteiger partial charge in [-0.3, -0.25) is 24.6 Å². The van der Waals surface area contributed by atoms with E-state index in [9.17, 15) is 14.4 Å². The minimum atomic E-state index is -1.40. The van der Waals surface area contributed by atoms with Crippen LogP contribution in [-0.2, 0) is 9.59 Å². The smallest absolute Gasteiger partial charge is 0.273 e. The van der Waals surface area contributed by atoms with E-state index in [0.717, 1.165) is 5.01 Å². The van der Waals surface area contributed by atoms with Crippen LogP contribution in [0.2, 0.25) is 0 Å². The van der Waals surface area contributed by atoms with Crippen LogP contribution in [0.25, 0.3) is 0 Å². The Labute approximate surface area is 166 Å². The molecule has 28 heavy (non-hydrogen) atoms. The van der Waals surface area contributed by atoms with Crippen molar-refractivity contribution in [2.75, 3.05) is 16.8 Å². The van der Waals surface area contributed by atoms with Gasteiger partial charge in [-0.25, -0.2) is 0 Å². The molecule has 9 heteroatoms. The van der Waals surface area contributed by atoms with Crippen LogP contribution in [0.1, 0.15) is 42.1 Å². The molecule has 0 unspecified atom stereocenters. The number of nitrogens with one attached hydrogen (secondary N) is 1. The molecule has 0 bridgehead atoms. The Bertz CT molecular complexity index is 972. The number of aromatic nitrogens is 2. The van der Waals surface area contributed by atoms with Gasteiger partial charge in [0, 0.05) is 19.4 Å². The topological polar surface area (TPSA) is 95.5 Å². The molecule has 1 fully saturated rings. The van der Waals surface area contributed by atoms with Gasteiger partial charge in [-0.05, 0) is 25.0 Å². The molecule has 3 heterocycles. The number of fused-ring (bicyclic) bond motifs is 3. The van der Waals surface area contributed by atoms with Gasteiger partial charge in [0.1, 0.15) is 5.01 Å². The highest BCUT2D eigenvalue weighted by molar-refractivity contribution is 7.15. The lowest BCUT2D eigenvalue weighted by atomic mass is 9.94. The lowest BCUT2D eigenvalue weighted by Crippen LogP contribution is -2.69. The summed E-state index contributed by atoms with van der Waals surface area (Å²) in [6, 6.07) is 6.96. The average Bonchev–Trinajstić information content (AvgIpc) is 3.22. The second-order valence-electron chi connectivity index (χ2n) is 7.45. The Morgan fingerprint density at radius 1 is 1.29 bits per heavy atom. The summed E-state index contributed by atoms with van der Waals surface area (Å²) < 4.78 is 0. The van der Waals surface area contributed by atoms with Crippen molar-refractivity contribution in [2.24, 2.45) is 5.92 Å². The quantitative estimate of drug-likeness (QED) is 0.852. The molecular weight excluding hydrogens is 378 g/mol. The van der Waals surface area contributed by atoms with E-state index in [0.29, 0.717) is 22.9 Å². The molecule has 4 rings (SSSR count). The first-order chi connectivity index (χ1) is 13.3. The van der Waals surface area contributed by atoms with Crippen LogP contribution >= 0.6 is 11.3 Å². The second kappa shape index (κ2) is 6.66. The monoisotopic (exact) mass is 399 g/mol. The van der Waals surface area contributed by atoms with Gasteiger partial charge < -0.3 is 4.90 Å². The van der Waals surface area contributed by atoms with Crippen molar-refractivity contribution in [2.45, 2.75) is 39.3 Å². The Balaban J connectivity index is 1.85. The van der Waals surface area contributed by atoms with Crippen molar-refractivity contribution < 1.29 is 14.4 Å². The van der Waals surface area contributed by atoms with Crippen LogP contribution in [0, 0.1) is 12.8 Å². The Morgan fingerprint density at radius 2 is 2.04 bits per heavy atom. The van der Waals surface area contributed by atoms with Crippen LogP contribution in [-0.4, -0.2) is 45.0 Å². The third-order valence-electron chi connectivity index (χ3n) is 5.03. The maximum absolute atomic E-state index is 13.5. The molecule has 146 valence electrons. The lowest BCUT2D eigenvalue weighted by molar-refractivity contribution is -0.129. The van der Waals surface area contributed by atoms with Gasteiger partial charge in [-0.2, -0.15) is 0 Å². The summed E-state index contributed by atoms with van der Waals surface area (Å²) in [4.78, 5) is 42.8. The van der Waals surface area contributed by atoms with Crippen molar-refractivity contribution >= 4 is 39.9 Å². The van der Waals surface area contributed by atoms with Gasteiger partial charge in [0.2, 0.25) is 16.7 Å². The molecule has 0 radical (unpaired) electrons. The van der Waals surface area contributed by atoms with Crippen molar-refractivity contribution in [3.8, 4) is 0 Å². The van der Waals surface area contributed by atoms with E-state index in [1.54, 1.807) is 36.1 Å². The van der Waals surface area contributed by atoms with Crippen molar-refractivity contribution in [3.63, 3.8) is 0 Å². The zero-order chi connectivity index (χ0) is 20.1. The number of para-hydroxylation sites is 1. The van der Waals surface area contributed by atoms with Crippen LogP contribution in [0.3, 0.4) is 0 Å². The van der Waals surface area contributed by atoms with Gasteiger partial charge in [0.15, 0.2) is 0 Å². The minimum absolute atomic E-state index is 0.125. The normalized spacial score (nSPS) is 21.1. The standard InChI is InChI=1S/C19H21N5O3S/c1-11(2)10-23-16(26)13-6-4-5-7-14(13)24-15(25)8-9-19(23,24)17(27)20-18-22-21-12(3)28-18/h4-7,11H,8-10H2,1-3H3,(H,20,22,27)/t19-/m0/s1. The summed E-state index contributed by atoms with van der Waals surface area (Å²) in [6.45, 7) is 6.12. The largest absolute Gasteiger partial charge is 0.307 e. The van der Waals surface area contributed by atoms with E-state index in [1.807, 2.05) is 13.8 Å².